The molecular formula is C22H24N6O3. The Bertz CT molecular complexity index is 1280. The fraction of sp³-hybridized carbons (Fsp3) is 0.273. The minimum Gasteiger partial charge on any atom is -0.496 e. The molecule has 31 heavy (non-hydrogen) atoms. The Kier molecular flexibility index (Phi) is 5.33. The number of hydrogen-bond donors (Lipinski definition) is 0. The Morgan fingerprint density at radius 2 is 1.77 bits per heavy atom. The zero-order chi connectivity index (χ0) is 22.1. The highest BCUT2D eigenvalue weighted by Crippen LogP contribution is 2.29. The van der Waals surface area contributed by atoms with Crippen molar-refractivity contribution < 1.29 is 9.47 Å². The van der Waals surface area contributed by atoms with Gasteiger partial charge in [-0.05, 0) is 66.2 Å². The maximum absolute atomic E-state index is 12.4. The lowest BCUT2D eigenvalue weighted by molar-refractivity contribution is 0.294. The van der Waals surface area contributed by atoms with Gasteiger partial charge in [0.25, 0.3) is 0 Å². The number of hydrogen-bond acceptors (Lipinski definition) is 6. The van der Waals surface area contributed by atoms with Gasteiger partial charge < -0.3 is 9.47 Å². The van der Waals surface area contributed by atoms with Crippen LogP contribution in [0.1, 0.15) is 16.8 Å². The van der Waals surface area contributed by atoms with Crippen molar-refractivity contribution in [2.24, 2.45) is 14.1 Å². The number of rotatable bonds is 6. The molecule has 0 radical (unpaired) electrons. The molecule has 0 saturated carbocycles. The van der Waals surface area contributed by atoms with E-state index in [0.717, 1.165) is 28.3 Å². The van der Waals surface area contributed by atoms with Crippen molar-refractivity contribution in [3.05, 3.63) is 69.8 Å². The summed E-state index contributed by atoms with van der Waals surface area (Å²) >= 11 is 0. The van der Waals surface area contributed by atoms with Crippen LogP contribution in [0.2, 0.25) is 0 Å². The van der Waals surface area contributed by atoms with Crippen molar-refractivity contribution in [1.82, 2.24) is 29.6 Å². The van der Waals surface area contributed by atoms with Gasteiger partial charge in [-0.2, -0.15) is 14.5 Å². The minimum absolute atomic E-state index is 0.200. The second-order valence-electron chi connectivity index (χ2n) is 7.32. The van der Waals surface area contributed by atoms with Crippen molar-refractivity contribution in [2.45, 2.75) is 20.5 Å². The van der Waals surface area contributed by atoms with Crippen LogP contribution in [0.3, 0.4) is 0 Å². The number of aryl methyl sites for hydroxylation is 4. The quantitative estimate of drug-likeness (QED) is 0.476. The molecule has 160 valence electrons. The molecule has 0 amide bonds. The lowest BCUT2D eigenvalue weighted by Gasteiger charge is -2.15. The van der Waals surface area contributed by atoms with Crippen molar-refractivity contribution >= 4 is 0 Å². The summed E-state index contributed by atoms with van der Waals surface area (Å²) in [4.78, 5) is 12.4. The van der Waals surface area contributed by atoms with Crippen LogP contribution < -0.4 is 15.2 Å². The van der Waals surface area contributed by atoms with E-state index in [-0.39, 0.29) is 12.3 Å². The third-order valence-electron chi connectivity index (χ3n) is 5.23. The first-order valence-electron chi connectivity index (χ1n) is 9.78. The summed E-state index contributed by atoms with van der Waals surface area (Å²) in [5, 5.41) is 12.3. The molecular weight excluding hydrogens is 396 g/mol. The van der Waals surface area contributed by atoms with Crippen LogP contribution in [0.4, 0.5) is 0 Å². The lowest BCUT2D eigenvalue weighted by Crippen LogP contribution is -2.23. The number of aromatic nitrogens is 6. The standard InChI is InChI=1S/C22H24N6O3/c1-14-11-16(18-12-15(2)26(3)23-18)9-10-20(14)31-13-17-19(7-6-8-21(17)30-5)28-22(29)27(4)24-25-28/h6-12H,13H2,1-5H3. The van der Waals surface area contributed by atoms with Gasteiger partial charge in [0.05, 0.1) is 24.1 Å². The third kappa shape index (κ3) is 3.81. The van der Waals surface area contributed by atoms with E-state index in [2.05, 4.69) is 21.6 Å². The molecule has 0 aliphatic heterocycles. The Morgan fingerprint density at radius 1 is 0.968 bits per heavy atom. The van der Waals surface area contributed by atoms with E-state index in [1.165, 1.54) is 9.36 Å². The monoisotopic (exact) mass is 420 g/mol. The van der Waals surface area contributed by atoms with Crippen molar-refractivity contribution in [2.75, 3.05) is 7.11 Å². The molecule has 0 saturated heterocycles. The predicted octanol–water partition coefficient (Wildman–Crippen LogP) is 2.57. The zero-order valence-corrected chi connectivity index (χ0v) is 18.2. The van der Waals surface area contributed by atoms with Crippen LogP contribution in [-0.2, 0) is 20.7 Å². The molecule has 0 bridgehead atoms. The summed E-state index contributed by atoms with van der Waals surface area (Å²) in [6.07, 6.45) is 0. The molecule has 9 nitrogen and oxygen atoms in total. The summed E-state index contributed by atoms with van der Waals surface area (Å²) in [7, 11) is 5.06. The van der Waals surface area contributed by atoms with E-state index in [9.17, 15) is 4.79 Å². The van der Waals surface area contributed by atoms with Crippen molar-refractivity contribution in [3.63, 3.8) is 0 Å². The van der Waals surface area contributed by atoms with Crippen LogP contribution in [0.5, 0.6) is 11.5 Å². The molecule has 0 aliphatic rings. The highest BCUT2D eigenvalue weighted by Gasteiger charge is 2.16. The van der Waals surface area contributed by atoms with Gasteiger partial charge in [-0.3, -0.25) is 4.68 Å². The highest BCUT2D eigenvalue weighted by atomic mass is 16.5. The summed E-state index contributed by atoms with van der Waals surface area (Å²) < 4.78 is 15.9. The van der Waals surface area contributed by atoms with Gasteiger partial charge in [0, 0.05) is 25.4 Å². The molecule has 4 rings (SSSR count). The Labute approximate surface area is 179 Å². The highest BCUT2D eigenvalue weighted by molar-refractivity contribution is 5.62. The van der Waals surface area contributed by atoms with Crippen molar-refractivity contribution in [1.29, 1.82) is 0 Å². The van der Waals surface area contributed by atoms with E-state index < -0.39 is 0 Å². The number of ether oxygens (including phenoxy) is 2. The molecule has 0 N–H and O–H groups in total. The summed E-state index contributed by atoms with van der Waals surface area (Å²) in [5.41, 5.74) is 4.94. The second kappa shape index (κ2) is 8.10. The SMILES string of the molecule is COc1cccc(-n2nnn(C)c2=O)c1COc1ccc(-c2cc(C)n(C)n2)cc1C. The predicted molar refractivity (Wildman–Crippen MR) is 116 cm³/mol. The summed E-state index contributed by atoms with van der Waals surface area (Å²) in [6.45, 7) is 4.21. The molecule has 0 aliphatic carbocycles. The average Bonchev–Trinajstić information content (AvgIpc) is 3.28. The average molecular weight is 420 g/mol. The van der Waals surface area contributed by atoms with Crippen LogP contribution in [0, 0.1) is 13.8 Å². The molecule has 2 aromatic heterocycles. The summed E-state index contributed by atoms with van der Waals surface area (Å²) in [6, 6.07) is 13.4. The fourth-order valence-electron chi connectivity index (χ4n) is 3.38. The molecule has 0 atom stereocenters. The van der Waals surface area contributed by atoms with Gasteiger partial charge in [0.2, 0.25) is 0 Å². The first kappa shape index (κ1) is 20.4. The van der Waals surface area contributed by atoms with E-state index in [1.54, 1.807) is 26.3 Å². The summed E-state index contributed by atoms with van der Waals surface area (Å²) in [5.74, 6) is 1.34. The van der Waals surface area contributed by atoms with Crippen LogP contribution in [0.25, 0.3) is 16.9 Å². The van der Waals surface area contributed by atoms with E-state index in [4.69, 9.17) is 9.47 Å². The third-order valence-corrected chi connectivity index (χ3v) is 5.23. The van der Waals surface area contributed by atoms with Crippen LogP contribution in [0.15, 0.2) is 47.3 Å². The molecule has 0 fully saturated rings. The maximum atomic E-state index is 12.4. The van der Waals surface area contributed by atoms with Gasteiger partial charge >= 0.3 is 5.69 Å². The van der Waals surface area contributed by atoms with Crippen LogP contribution in [-0.4, -0.2) is 36.7 Å². The molecule has 2 heterocycles. The maximum Gasteiger partial charge on any atom is 0.368 e. The van der Waals surface area contributed by atoms with Gasteiger partial charge in [0.1, 0.15) is 18.1 Å². The first-order valence-corrected chi connectivity index (χ1v) is 9.78. The molecule has 0 unspecified atom stereocenters. The van der Waals surface area contributed by atoms with Gasteiger partial charge in [-0.15, -0.1) is 0 Å². The first-order chi connectivity index (χ1) is 14.9. The van der Waals surface area contributed by atoms with Gasteiger partial charge in [-0.1, -0.05) is 6.07 Å². The number of methoxy groups -OCH3 is 1. The largest absolute Gasteiger partial charge is 0.496 e. The Balaban J connectivity index is 1.63. The minimum atomic E-state index is -0.347. The number of tetrazole rings is 1. The smallest absolute Gasteiger partial charge is 0.368 e. The Hall–Kier alpha value is -3.88. The number of nitrogens with zero attached hydrogens (tertiary/aromatic N) is 6. The fourth-order valence-corrected chi connectivity index (χ4v) is 3.38. The van der Waals surface area contributed by atoms with Crippen molar-refractivity contribution in [3.8, 4) is 28.4 Å². The van der Waals surface area contributed by atoms with Gasteiger partial charge in [-0.25, -0.2) is 4.79 Å². The zero-order valence-electron chi connectivity index (χ0n) is 18.2. The molecule has 0 spiro atoms. The number of benzene rings is 2. The van der Waals surface area contributed by atoms with E-state index in [1.807, 2.05) is 49.8 Å². The lowest BCUT2D eigenvalue weighted by atomic mass is 10.1. The topological polar surface area (TPSA) is 89.0 Å². The van der Waals surface area contributed by atoms with E-state index >= 15 is 0 Å². The molecule has 9 heteroatoms. The molecule has 4 aromatic rings. The van der Waals surface area contributed by atoms with Crippen LogP contribution >= 0.6 is 0 Å². The van der Waals surface area contributed by atoms with Gasteiger partial charge in [0.15, 0.2) is 0 Å². The normalized spacial score (nSPS) is 11.0. The second-order valence-corrected chi connectivity index (χ2v) is 7.32. The Morgan fingerprint density at radius 3 is 2.39 bits per heavy atom. The molecule has 2 aromatic carbocycles. The van der Waals surface area contributed by atoms with E-state index in [0.29, 0.717) is 17.0 Å².